The summed E-state index contributed by atoms with van der Waals surface area (Å²) in [5.41, 5.74) is 1.71. The molecule has 1 N–H and O–H groups in total. The van der Waals surface area contributed by atoms with E-state index >= 15 is 0 Å². The van der Waals surface area contributed by atoms with Crippen LogP contribution in [0.4, 0.5) is 11.4 Å². The van der Waals surface area contributed by atoms with Crippen LogP contribution in [0.15, 0.2) is 36.3 Å². The van der Waals surface area contributed by atoms with E-state index in [4.69, 9.17) is 18.9 Å². The number of nitrogens with one attached hydrogen (secondary N) is 1. The van der Waals surface area contributed by atoms with Gasteiger partial charge in [-0.05, 0) is 31.2 Å². The maximum atomic E-state index is 12.2. The molecule has 1 aromatic carbocycles. The lowest BCUT2D eigenvalue weighted by Crippen LogP contribution is -2.36. The number of ether oxygens (including phenoxy) is 4. The second kappa shape index (κ2) is 8.57. The van der Waals surface area contributed by atoms with Gasteiger partial charge in [0.1, 0.15) is 19.5 Å². The molecule has 8 nitrogen and oxygen atoms in total. The molecule has 0 spiro atoms. The lowest BCUT2D eigenvalue weighted by molar-refractivity contribution is -0.153. The van der Waals surface area contributed by atoms with Gasteiger partial charge in [-0.3, -0.25) is 4.79 Å². The molecule has 0 bridgehead atoms. The second-order valence-electron chi connectivity index (χ2n) is 5.88. The summed E-state index contributed by atoms with van der Waals surface area (Å²) in [4.78, 5) is 26.3. The highest BCUT2D eigenvalue weighted by atomic mass is 16.6. The topological polar surface area (TPSA) is 86.3 Å². The van der Waals surface area contributed by atoms with Crippen molar-refractivity contribution in [3.05, 3.63) is 36.3 Å². The van der Waals surface area contributed by atoms with Gasteiger partial charge in [-0.15, -0.1) is 0 Å². The Balaban J connectivity index is 1.51. The molecule has 0 aliphatic carbocycles. The van der Waals surface area contributed by atoms with Gasteiger partial charge in [0.05, 0.1) is 13.2 Å². The predicted octanol–water partition coefficient (Wildman–Crippen LogP) is 1.28. The second-order valence-corrected chi connectivity index (χ2v) is 5.88. The van der Waals surface area contributed by atoms with E-state index in [1.807, 2.05) is 24.3 Å². The summed E-state index contributed by atoms with van der Waals surface area (Å²) in [6.07, 6.45) is 0.230. The first kappa shape index (κ1) is 18.1. The van der Waals surface area contributed by atoms with Crippen molar-refractivity contribution in [3.63, 3.8) is 0 Å². The molecule has 1 aromatic rings. The highest BCUT2D eigenvalue weighted by molar-refractivity contribution is 5.96. The molecule has 3 rings (SSSR count). The van der Waals surface area contributed by atoms with Crippen LogP contribution in [0.5, 0.6) is 0 Å². The third-order valence-corrected chi connectivity index (χ3v) is 4.01. The first-order chi connectivity index (χ1) is 12.6. The van der Waals surface area contributed by atoms with Gasteiger partial charge in [0.15, 0.2) is 6.10 Å². The molecule has 0 radical (unpaired) electrons. The van der Waals surface area contributed by atoms with E-state index in [0.717, 1.165) is 18.8 Å². The standard InChI is InChI=1S/C18H22N2O6/c1-13(26-18(22)16-12-24-10-11-25-16)17(21)19-14-2-4-15(5-3-14)20-6-8-23-9-7-20/h2-5,12-13H,6-11H2,1H3,(H,19,21). The zero-order valence-corrected chi connectivity index (χ0v) is 14.6. The van der Waals surface area contributed by atoms with Crippen molar-refractivity contribution in [3.8, 4) is 0 Å². The summed E-state index contributed by atoms with van der Waals surface area (Å²) >= 11 is 0. The Kier molecular flexibility index (Phi) is 5.96. The summed E-state index contributed by atoms with van der Waals surface area (Å²) in [5.74, 6) is -1.18. The minimum Gasteiger partial charge on any atom is -0.493 e. The average molecular weight is 362 g/mol. The predicted molar refractivity (Wildman–Crippen MR) is 93.6 cm³/mol. The van der Waals surface area contributed by atoms with Crippen LogP contribution in [0.3, 0.4) is 0 Å². The smallest absolute Gasteiger partial charge is 0.377 e. The maximum absolute atomic E-state index is 12.2. The number of amides is 1. The molecule has 0 aromatic heterocycles. The van der Waals surface area contributed by atoms with E-state index in [0.29, 0.717) is 25.5 Å². The molecular weight excluding hydrogens is 340 g/mol. The highest BCUT2D eigenvalue weighted by Crippen LogP contribution is 2.19. The number of hydrogen-bond donors (Lipinski definition) is 1. The van der Waals surface area contributed by atoms with Crippen LogP contribution in [0.1, 0.15) is 6.92 Å². The van der Waals surface area contributed by atoms with Gasteiger partial charge in [0, 0.05) is 24.5 Å². The van der Waals surface area contributed by atoms with Gasteiger partial charge in [0.25, 0.3) is 5.91 Å². The molecule has 2 heterocycles. The number of esters is 1. The van der Waals surface area contributed by atoms with E-state index in [1.165, 1.54) is 13.2 Å². The van der Waals surface area contributed by atoms with Crippen molar-refractivity contribution in [1.82, 2.24) is 0 Å². The Morgan fingerprint density at radius 2 is 1.85 bits per heavy atom. The molecule has 26 heavy (non-hydrogen) atoms. The number of anilines is 2. The number of hydrogen-bond acceptors (Lipinski definition) is 7. The first-order valence-electron chi connectivity index (χ1n) is 8.52. The van der Waals surface area contributed by atoms with E-state index in [9.17, 15) is 9.59 Å². The fourth-order valence-electron chi connectivity index (χ4n) is 2.57. The molecule has 1 fully saturated rings. The Hall–Kier alpha value is -2.74. The Morgan fingerprint density at radius 3 is 2.50 bits per heavy atom. The molecule has 8 heteroatoms. The molecule has 1 atom stereocenters. The van der Waals surface area contributed by atoms with Crippen molar-refractivity contribution >= 4 is 23.3 Å². The van der Waals surface area contributed by atoms with Gasteiger partial charge in [-0.1, -0.05) is 0 Å². The van der Waals surface area contributed by atoms with Crippen LogP contribution in [0, 0.1) is 0 Å². The zero-order chi connectivity index (χ0) is 18.4. The lowest BCUT2D eigenvalue weighted by atomic mass is 10.2. The highest BCUT2D eigenvalue weighted by Gasteiger charge is 2.23. The van der Waals surface area contributed by atoms with E-state index in [2.05, 4.69) is 10.2 Å². The Labute approximate surface area is 151 Å². The largest absolute Gasteiger partial charge is 0.493 e. The molecule has 2 aliphatic heterocycles. The van der Waals surface area contributed by atoms with E-state index in [1.54, 1.807) is 0 Å². The van der Waals surface area contributed by atoms with Gasteiger partial charge in [-0.25, -0.2) is 4.79 Å². The molecule has 1 saturated heterocycles. The quantitative estimate of drug-likeness (QED) is 0.790. The van der Waals surface area contributed by atoms with Crippen LogP contribution in [0.2, 0.25) is 0 Å². The van der Waals surface area contributed by atoms with Gasteiger partial charge in [0.2, 0.25) is 5.76 Å². The van der Waals surface area contributed by atoms with Crippen LogP contribution in [0.25, 0.3) is 0 Å². The van der Waals surface area contributed by atoms with Crippen LogP contribution in [-0.2, 0) is 28.5 Å². The summed E-state index contributed by atoms with van der Waals surface area (Å²) in [5, 5.41) is 2.73. The van der Waals surface area contributed by atoms with Crippen molar-refractivity contribution < 1.29 is 28.5 Å². The van der Waals surface area contributed by atoms with Crippen molar-refractivity contribution in [2.24, 2.45) is 0 Å². The number of benzene rings is 1. The minimum absolute atomic E-state index is 0.0363. The van der Waals surface area contributed by atoms with E-state index in [-0.39, 0.29) is 12.4 Å². The molecule has 1 amide bonds. The summed E-state index contributed by atoms with van der Waals surface area (Å²) in [7, 11) is 0. The molecule has 2 aliphatic rings. The fraction of sp³-hybridized carbons (Fsp3) is 0.444. The van der Waals surface area contributed by atoms with Gasteiger partial charge < -0.3 is 29.2 Å². The van der Waals surface area contributed by atoms with Gasteiger partial charge in [-0.2, -0.15) is 0 Å². The normalized spacial score (nSPS) is 18.0. The lowest BCUT2D eigenvalue weighted by Gasteiger charge is -2.28. The van der Waals surface area contributed by atoms with Gasteiger partial charge >= 0.3 is 5.97 Å². The van der Waals surface area contributed by atoms with Crippen molar-refractivity contribution in [2.45, 2.75) is 13.0 Å². The average Bonchev–Trinajstić information content (AvgIpc) is 2.70. The zero-order valence-electron chi connectivity index (χ0n) is 14.6. The number of nitrogens with zero attached hydrogens (tertiary/aromatic N) is 1. The van der Waals surface area contributed by atoms with Crippen molar-refractivity contribution in [2.75, 3.05) is 49.7 Å². The molecule has 140 valence electrons. The van der Waals surface area contributed by atoms with Crippen LogP contribution >= 0.6 is 0 Å². The SMILES string of the molecule is CC(OC(=O)C1=COCCO1)C(=O)Nc1ccc(N2CCOCC2)cc1. The first-order valence-corrected chi connectivity index (χ1v) is 8.52. The Morgan fingerprint density at radius 1 is 1.12 bits per heavy atom. The molecule has 1 unspecified atom stereocenters. The van der Waals surface area contributed by atoms with Crippen LogP contribution in [-0.4, -0.2) is 57.5 Å². The molecule has 0 saturated carbocycles. The van der Waals surface area contributed by atoms with Crippen LogP contribution < -0.4 is 10.2 Å². The third kappa shape index (κ3) is 4.66. The number of rotatable bonds is 5. The monoisotopic (exact) mass is 362 g/mol. The Bertz CT molecular complexity index is 667. The minimum atomic E-state index is -0.965. The summed E-state index contributed by atoms with van der Waals surface area (Å²) < 4.78 is 20.6. The fourth-order valence-corrected chi connectivity index (χ4v) is 2.57. The number of carbonyl (C=O) groups is 2. The van der Waals surface area contributed by atoms with Crippen molar-refractivity contribution in [1.29, 1.82) is 0 Å². The number of carbonyl (C=O) groups excluding carboxylic acids is 2. The number of morpholine rings is 1. The molecular formula is C18H22N2O6. The summed E-state index contributed by atoms with van der Waals surface area (Å²) in [6, 6.07) is 7.51. The van der Waals surface area contributed by atoms with E-state index < -0.39 is 18.0 Å². The third-order valence-electron chi connectivity index (χ3n) is 4.01. The maximum Gasteiger partial charge on any atom is 0.377 e. The summed E-state index contributed by atoms with van der Waals surface area (Å²) in [6.45, 7) is 5.28.